The number of H-pyrrole nitrogens is 1. The van der Waals surface area contributed by atoms with Crippen LogP contribution < -0.4 is 4.74 Å². The monoisotopic (exact) mass is 369 g/mol. The number of aromatic nitrogens is 3. The molecule has 4 rings (SSSR count). The van der Waals surface area contributed by atoms with Gasteiger partial charge in [-0.25, -0.2) is 4.98 Å². The standard InChI is InChI=1S/C20H27N5O2/c1-13(2)25-12-18-16(20(25)26)10-15(19(22-18)27-3)11-24-8-5-14(6-9-24)17-4-7-21-23-17/h4,7,10,13-14H,5-6,8-9,11-12H2,1-3H3,(H,21,23). The van der Waals surface area contributed by atoms with Crippen molar-refractivity contribution >= 4 is 5.91 Å². The van der Waals surface area contributed by atoms with Crippen LogP contribution in [0.3, 0.4) is 0 Å². The fraction of sp³-hybridized carbons (Fsp3) is 0.550. The lowest BCUT2D eigenvalue weighted by Gasteiger charge is -2.31. The number of amides is 1. The predicted octanol–water partition coefficient (Wildman–Crippen LogP) is 2.56. The van der Waals surface area contributed by atoms with Gasteiger partial charge in [0, 0.05) is 36.0 Å². The maximum Gasteiger partial charge on any atom is 0.256 e. The van der Waals surface area contributed by atoms with Crippen LogP contribution in [-0.4, -0.2) is 57.1 Å². The maximum atomic E-state index is 12.7. The number of methoxy groups -OCH3 is 1. The Hall–Kier alpha value is -2.41. The van der Waals surface area contributed by atoms with Crippen molar-refractivity contribution in [2.45, 2.75) is 51.7 Å². The molecule has 27 heavy (non-hydrogen) atoms. The zero-order valence-electron chi connectivity index (χ0n) is 16.2. The van der Waals surface area contributed by atoms with Crippen molar-refractivity contribution < 1.29 is 9.53 Å². The molecule has 0 radical (unpaired) electrons. The van der Waals surface area contributed by atoms with Crippen LogP contribution in [0.4, 0.5) is 0 Å². The number of nitrogens with zero attached hydrogens (tertiary/aromatic N) is 4. The molecule has 1 fully saturated rings. The molecule has 144 valence electrons. The first kappa shape index (κ1) is 18.0. The molecule has 0 atom stereocenters. The van der Waals surface area contributed by atoms with Gasteiger partial charge < -0.3 is 9.64 Å². The molecule has 1 saturated heterocycles. The first-order valence-corrected chi connectivity index (χ1v) is 9.66. The van der Waals surface area contributed by atoms with Gasteiger partial charge in [-0.05, 0) is 51.9 Å². The van der Waals surface area contributed by atoms with Gasteiger partial charge in [-0.3, -0.25) is 14.8 Å². The van der Waals surface area contributed by atoms with E-state index in [0.717, 1.165) is 49.3 Å². The van der Waals surface area contributed by atoms with Gasteiger partial charge >= 0.3 is 0 Å². The number of ether oxygens (including phenoxy) is 1. The number of nitrogens with one attached hydrogen (secondary N) is 1. The van der Waals surface area contributed by atoms with Crippen molar-refractivity contribution in [3.63, 3.8) is 0 Å². The molecule has 2 aliphatic heterocycles. The Balaban J connectivity index is 1.48. The third kappa shape index (κ3) is 3.43. The molecular formula is C20H27N5O2. The Kier molecular flexibility index (Phi) is 4.86. The quantitative estimate of drug-likeness (QED) is 0.877. The molecule has 7 heteroatoms. The first-order chi connectivity index (χ1) is 13.1. The van der Waals surface area contributed by atoms with Gasteiger partial charge in [0.25, 0.3) is 5.91 Å². The number of pyridine rings is 1. The van der Waals surface area contributed by atoms with E-state index in [-0.39, 0.29) is 11.9 Å². The number of hydrogen-bond acceptors (Lipinski definition) is 5. The Labute approximate surface area is 159 Å². The predicted molar refractivity (Wildman–Crippen MR) is 102 cm³/mol. The lowest BCUT2D eigenvalue weighted by atomic mass is 9.93. The minimum Gasteiger partial charge on any atom is -0.481 e. The van der Waals surface area contributed by atoms with Crippen molar-refractivity contribution in [1.82, 2.24) is 25.0 Å². The van der Waals surface area contributed by atoms with Crippen LogP contribution in [0.2, 0.25) is 0 Å². The van der Waals surface area contributed by atoms with Crippen LogP contribution >= 0.6 is 0 Å². The summed E-state index contributed by atoms with van der Waals surface area (Å²) in [5, 5.41) is 7.16. The molecule has 4 heterocycles. The van der Waals surface area contributed by atoms with Crippen molar-refractivity contribution in [2.75, 3.05) is 20.2 Å². The minimum absolute atomic E-state index is 0.0781. The zero-order chi connectivity index (χ0) is 19.0. The highest BCUT2D eigenvalue weighted by Crippen LogP contribution is 2.31. The molecule has 0 aromatic carbocycles. The Bertz CT molecular complexity index is 810. The van der Waals surface area contributed by atoms with Crippen molar-refractivity contribution in [3.8, 4) is 5.88 Å². The number of fused-ring (bicyclic) bond motifs is 1. The largest absolute Gasteiger partial charge is 0.481 e. The SMILES string of the molecule is COc1nc2c(cc1CN1CCC(c3ccn[nH]3)CC1)C(=O)N(C(C)C)C2. The number of carbonyl (C=O) groups excluding carboxylic acids is 1. The number of likely N-dealkylation sites (tertiary alicyclic amines) is 1. The number of piperidine rings is 1. The molecule has 2 aromatic rings. The van der Waals surface area contributed by atoms with Crippen molar-refractivity contribution in [1.29, 1.82) is 0 Å². The highest BCUT2D eigenvalue weighted by atomic mass is 16.5. The fourth-order valence-electron chi connectivity index (χ4n) is 4.11. The fourth-order valence-corrected chi connectivity index (χ4v) is 4.11. The smallest absolute Gasteiger partial charge is 0.256 e. The topological polar surface area (TPSA) is 74.3 Å². The average molecular weight is 369 g/mol. The van der Waals surface area contributed by atoms with Gasteiger partial charge in [0.05, 0.1) is 24.9 Å². The second-order valence-corrected chi connectivity index (χ2v) is 7.74. The summed E-state index contributed by atoms with van der Waals surface area (Å²) in [7, 11) is 1.65. The average Bonchev–Trinajstić information content (AvgIpc) is 3.31. The van der Waals surface area contributed by atoms with E-state index < -0.39 is 0 Å². The van der Waals surface area contributed by atoms with Crippen LogP contribution in [0.5, 0.6) is 5.88 Å². The van der Waals surface area contributed by atoms with Gasteiger partial charge in [0.1, 0.15) is 0 Å². The minimum atomic E-state index is 0.0781. The van der Waals surface area contributed by atoms with Gasteiger partial charge in [0.2, 0.25) is 5.88 Å². The van der Waals surface area contributed by atoms with E-state index in [1.165, 1.54) is 5.69 Å². The van der Waals surface area contributed by atoms with Crippen molar-refractivity contribution in [2.24, 2.45) is 0 Å². The van der Waals surface area contributed by atoms with E-state index in [9.17, 15) is 4.79 Å². The molecule has 1 amide bonds. The lowest BCUT2D eigenvalue weighted by Crippen LogP contribution is -2.33. The molecule has 1 N–H and O–H groups in total. The molecule has 0 spiro atoms. The molecular weight excluding hydrogens is 342 g/mol. The summed E-state index contributed by atoms with van der Waals surface area (Å²) in [6, 6.07) is 4.23. The summed E-state index contributed by atoms with van der Waals surface area (Å²) in [6.45, 7) is 7.41. The van der Waals surface area contributed by atoms with Gasteiger partial charge in [-0.15, -0.1) is 0 Å². The summed E-state index contributed by atoms with van der Waals surface area (Å²) in [5.74, 6) is 1.27. The first-order valence-electron chi connectivity index (χ1n) is 9.66. The Morgan fingerprint density at radius 1 is 1.33 bits per heavy atom. The second kappa shape index (κ2) is 7.31. The van der Waals surface area contributed by atoms with Crippen LogP contribution in [0.1, 0.15) is 59.9 Å². The molecule has 2 aromatic heterocycles. The molecule has 2 aliphatic rings. The van der Waals surface area contributed by atoms with Gasteiger partial charge in [-0.1, -0.05) is 0 Å². The van der Waals surface area contributed by atoms with E-state index in [1.807, 2.05) is 31.0 Å². The molecule has 0 bridgehead atoms. The molecule has 7 nitrogen and oxygen atoms in total. The van der Waals surface area contributed by atoms with E-state index in [1.54, 1.807) is 7.11 Å². The summed E-state index contributed by atoms with van der Waals surface area (Å²) < 4.78 is 5.54. The molecule has 0 aliphatic carbocycles. The number of rotatable bonds is 5. The lowest BCUT2D eigenvalue weighted by molar-refractivity contribution is 0.0730. The third-order valence-electron chi connectivity index (χ3n) is 5.71. The van der Waals surface area contributed by atoms with Crippen LogP contribution in [0.25, 0.3) is 0 Å². The second-order valence-electron chi connectivity index (χ2n) is 7.74. The van der Waals surface area contributed by atoms with Gasteiger partial charge in [-0.2, -0.15) is 5.10 Å². The van der Waals surface area contributed by atoms with E-state index in [4.69, 9.17) is 4.74 Å². The Morgan fingerprint density at radius 3 is 2.74 bits per heavy atom. The van der Waals surface area contributed by atoms with E-state index in [0.29, 0.717) is 18.3 Å². The van der Waals surface area contributed by atoms with Crippen LogP contribution in [0, 0.1) is 0 Å². The molecule has 0 saturated carbocycles. The van der Waals surface area contributed by atoms with Crippen molar-refractivity contribution in [3.05, 3.63) is 40.8 Å². The third-order valence-corrected chi connectivity index (χ3v) is 5.71. The number of carbonyl (C=O) groups is 1. The highest BCUT2D eigenvalue weighted by molar-refractivity contribution is 5.98. The van der Waals surface area contributed by atoms with E-state index in [2.05, 4.69) is 26.1 Å². The van der Waals surface area contributed by atoms with Crippen LogP contribution in [0.15, 0.2) is 18.3 Å². The normalized spacial score (nSPS) is 18.4. The maximum absolute atomic E-state index is 12.7. The molecule has 0 unspecified atom stereocenters. The summed E-state index contributed by atoms with van der Waals surface area (Å²) in [4.78, 5) is 21.6. The number of aromatic amines is 1. The zero-order valence-corrected chi connectivity index (χ0v) is 16.2. The summed E-state index contributed by atoms with van der Waals surface area (Å²) in [5.41, 5.74) is 3.78. The van der Waals surface area contributed by atoms with Crippen LogP contribution in [-0.2, 0) is 13.1 Å². The van der Waals surface area contributed by atoms with E-state index >= 15 is 0 Å². The summed E-state index contributed by atoms with van der Waals surface area (Å²) in [6.07, 6.45) is 4.02. The Morgan fingerprint density at radius 2 is 2.11 bits per heavy atom. The highest BCUT2D eigenvalue weighted by Gasteiger charge is 2.32. The number of hydrogen-bond donors (Lipinski definition) is 1. The van der Waals surface area contributed by atoms with Gasteiger partial charge in [0.15, 0.2) is 0 Å². The summed E-state index contributed by atoms with van der Waals surface area (Å²) >= 11 is 0.